The van der Waals surface area contributed by atoms with Crippen LogP contribution in [0.4, 0.5) is 5.69 Å². The molecule has 1 amide bonds. The average molecular weight is 414 g/mol. The third-order valence-electron chi connectivity index (χ3n) is 2.33. The number of hydrogen-bond donors (Lipinski definition) is 2. The highest BCUT2D eigenvalue weighted by atomic mass is 79.9. The van der Waals surface area contributed by atoms with Crippen molar-refractivity contribution in [2.45, 2.75) is 24.2 Å². The Morgan fingerprint density at radius 2 is 2.00 bits per heavy atom. The fourth-order valence-electron chi connectivity index (χ4n) is 1.37. The van der Waals surface area contributed by atoms with Crippen LogP contribution in [0.5, 0.6) is 0 Å². The Morgan fingerprint density at radius 1 is 1.32 bits per heavy atom. The minimum absolute atomic E-state index is 0.00309. The molecule has 0 unspecified atom stereocenters. The fourth-order valence-corrected chi connectivity index (χ4v) is 2.93. The second-order valence-corrected chi connectivity index (χ2v) is 7.09. The molecule has 0 spiro atoms. The van der Waals surface area contributed by atoms with Gasteiger partial charge in [-0.25, -0.2) is 13.6 Å². The first-order valence-electron chi connectivity index (χ1n) is 5.53. The maximum absolute atomic E-state index is 11.6. The minimum atomic E-state index is -3.74. The van der Waals surface area contributed by atoms with Crippen LogP contribution in [0.25, 0.3) is 0 Å². The van der Waals surface area contributed by atoms with Gasteiger partial charge in [0.05, 0.1) is 10.6 Å². The summed E-state index contributed by atoms with van der Waals surface area (Å²) in [5, 5.41) is 8.60. The second kappa shape index (κ2) is 7.37. The summed E-state index contributed by atoms with van der Waals surface area (Å²) in [6.07, 6.45) is 2.15. The zero-order valence-electron chi connectivity index (χ0n) is 10.0. The fraction of sp³-hybridized carbons (Fsp3) is 0.364. The number of sulfonamides is 1. The number of alkyl halides is 1. The lowest BCUT2D eigenvalue weighted by atomic mass is 10.2. The predicted octanol–water partition coefficient (Wildman–Crippen LogP) is 2.60. The van der Waals surface area contributed by atoms with Crippen molar-refractivity contribution in [3.63, 3.8) is 0 Å². The smallest absolute Gasteiger partial charge is 0.238 e. The van der Waals surface area contributed by atoms with Gasteiger partial charge in [-0.1, -0.05) is 15.9 Å². The van der Waals surface area contributed by atoms with E-state index in [0.717, 1.165) is 18.2 Å². The van der Waals surface area contributed by atoms with Gasteiger partial charge in [-0.3, -0.25) is 4.79 Å². The number of anilines is 1. The van der Waals surface area contributed by atoms with Crippen molar-refractivity contribution in [1.82, 2.24) is 0 Å². The summed E-state index contributed by atoms with van der Waals surface area (Å²) in [7, 11) is -3.74. The lowest BCUT2D eigenvalue weighted by Gasteiger charge is -2.08. The number of benzene rings is 1. The Morgan fingerprint density at radius 3 is 2.53 bits per heavy atom. The van der Waals surface area contributed by atoms with E-state index >= 15 is 0 Å². The molecule has 0 fully saturated rings. The van der Waals surface area contributed by atoms with E-state index in [1.807, 2.05) is 0 Å². The van der Waals surface area contributed by atoms with Gasteiger partial charge >= 0.3 is 0 Å². The zero-order chi connectivity index (χ0) is 14.5. The number of hydrogen-bond acceptors (Lipinski definition) is 3. The van der Waals surface area contributed by atoms with Gasteiger partial charge in [-0.2, -0.15) is 0 Å². The molecule has 3 N–H and O–H groups in total. The van der Waals surface area contributed by atoms with Crippen LogP contribution < -0.4 is 10.5 Å². The van der Waals surface area contributed by atoms with Crippen LogP contribution in [-0.4, -0.2) is 19.7 Å². The molecule has 0 aliphatic carbocycles. The highest BCUT2D eigenvalue weighted by molar-refractivity contribution is 9.10. The molecule has 0 bridgehead atoms. The molecule has 0 saturated heterocycles. The lowest BCUT2D eigenvalue weighted by Crippen LogP contribution is -2.14. The predicted molar refractivity (Wildman–Crippen MR) is 81.8 cm³/mol. The summed E-state index contributed by atoms with van der Waals surface area (Å²) in [5.41, 5.74) is 0.524. The van der Waals surface area contributed by atoms with Crippen molar-refractivity contribution < 1.29 is 13.2 Å². The van der Waals surface area contributed by atoms with Gasteiger partial charge in [0.1, 0.15) is 0 Å². The van der Waals surface area contributed by atoms with Crippen LogP contribution >= 0.6 is 31.9 Å². The normalized spacial score (nSPS) is 11.3. The van der Waals surface area contributed by atoms with Crippen molar-refractivity contribution in [1.29, 1.82) is 0 Å². The van der Waals surface area contributed by atoms with Crippen molar-refractivity contribution in [3.8, 4) is 0 Å². The van der Waals surface area contributed by atoms with Crippen LogP contribution in [0, 0.1) is 0 Å². The first-order chi connectivity index (χ1) is 8.84. The summed E-state index contributed by atoms with van der Waals surface area (Å²) in [4.78, 5) is 11.6. The molecule has 1 aromatic carbocycles. The summed E-state index contributed by atoms with van der Waals surface area (Å²) in [5.74, 6) is -0.106. The zero-order valence-corrected chi connectivity index (χ0v) is 14.0. The maximum atomic E-state index is 11.6. The van der Waals surface area contributed by atoms with Crippen molar-refractivity contribution in [2.75, 3.05) is 10.6 Å². The molecule has 0 atom stereocenters. The van der Waals surface area contributed by atoms with Crippen molar-refractivity contribution >= 4 is 53.5 Å². The molecule has 8 heteroatoms. The summed E-state index contributed by atoms with van der Waals surface area (Å²) >= 11 is 6.50. The number of rotatable bonds is 6. The third kappa shape index (κ3) is 5.60. The second-order valence-electron chi connectivity index (χ2n) is 3.88. The van der Waals surface area contributed by atoms with E-state index < -0.39 is 10.0 Å². The van der Waals surface area contributed by atoms with E-state index in [9.17, 15) is 13.2 Å². The number of nitrogens with two attached hydrogens (primary N) is 1. The number of halogens is 2. The molecule has 0 aliphatic heterocycles. The van der Waals surface area contributed by atoms with Crippen LogP contribution in [0.3, 0.4) is 0 Å². The van der Waals surface area contributed by atoms with E-state index in [1.54, 1.807) is 0 Å². The number of unbranched alkanes of at least 4 members (excludes halogenated alkanes) is 1. The number of carbonyl (C=O) groups excluding carboxylic acids is 1. The molecule has 0 aliphatic rings. The number of primary sulfonamides is 1. The number of amides is 1. The molecule has 0 aromatic heterocycles. The monoisotopic (exact) mass is 412 g/mol. The van der Waals surface area contributed by atoms with Crippen LogP contribution in [0.1, 0.15) is 19.3 Å². The summed E-state index contributed by atoms with van der Waals surface area (Å²) in [6.45, 7) is 0. The Hall–Kier alpha value is -0.440. The van der Waals surface area contributed by atoms with Crippen LogP contribution in [0.15, 0.2) is 27.6 Å². The van der Waals surface area contributed by atoms with Gasteiger partial charge in [-0.05, 0) is 47.0 Å². The largest absolute Gasteiger partial charge is 0.325 e. The molecule has 106 valence electrons. The quantitative estimate of drug-likeness (QED) is 0.554. The molecule has 0 radical (unpaired) electrons. The Balaban J connectivity index is 2.73. The first-order valence-corrected chi connectivity index (χ1v) is 8.99. The standard InChI is InChI=1S/C11H14Br2N2O3S/c12-6-2-1-3-11(16)15-10-5-4-8(7-9(10)13)19(14,17)18/h4-5,7H,1-3,6H2,(H,15,16)(H2,14,17,18). The van der Waals surface area contributed by atoms with Gasteiger partial charge in [0, 0.05) is 16.2 Å². The van der Waals surface area contributed by atoms with Gasteiger partial charge < -0.3 is 5.32 Å². The molecule has 1 aromatic rings. The maximum Gasteiger partial charge on any atom is 0.238 e. The van der Waals surface area contributed by atoms with E-state index in [1.165, 1.54) is 18.2 Å². The number of carbonyl (C=O) groups is 1. The topological polar surface area (TPSA) is 89.3 Å². The molecular formula is C11H14Br2N2O3S. The number of nitrogens with one attached hydrogen (secondary N) is 1. The van der Waals surface area contributed by atoms with E-state index in [-0.39, 0.29) is 10.8 Å². The SMILES string of the molecule is NS(=O)(=O)c1ccc(NC(=O)CCCCBr)c(Br)c1. The molecular weight excluding hydrogens is 400 g/mol. The van der Waals surface area contributed by atoms with E-state index in [0.29, 0.717) is 16.6 Å². The molecule has 5 nitrogen and oxygen atoms in total. The molecule has 0 heterocycles. The van der Waals surface area contributed by atoms with Crippen LogP contribution in [-0.2, 0) is 14.8 Å². The van der Waals surface area contributed by atoms with E-state index in [4.69, 9.17) is 5.14 Å². The molecule has 1 rings (SSSR count). The highest BCUT2D eigenvalue weighted by Gasteiger charge is 2.11. The summed E-state index contributed by atoms with van der Waals surface area (Å²) in [6, 6.07) is 4.23. The Bertz CT molecular complexity index is 561. The average Bonchev–Trinajstić information content (AvgIpc) is 2.31. The Kier molecular flexibility index (Phi) is 6.45. The highest BCUT2D eigenvalue weighted by Crippen LogP contribution is 2.25. The molecule has 0 saturated carbocycles. The van der Waals surface area contributed by atoms with Crippen molar-refractivity contribution in [3.05, 3.63) is 22.7 Å². The lowest BCUT2D eigenvalue weighted by molar-refractivity contribution is -0.116. The third-order valence-corrected chi connectivity index (χ3v) is 4.46. The van der Waals surface area contributed by atoms with Gasteiger partial charge in [0.15, 0.2) is 0 Å². The van der Waals surface area contributed by atoms with Crippen LogP contribution in [0.2, 0.25) is 0 Å². The molecule has 19 heavy (non-hydrogen) atoms. The Labute approximate surface area is 129 Å². The minimum Gasteiger partial charge on any atom is -0.325 e. The first kappa shape index (κ1) is 16.6. The van der Waals surface area contributed by atoms with Gasteiger partial charge in [0.25, 0.3) is 0 Å². The van der Waals surface area contributed by atoms with E-state index in [2.05, 4.69) is 37.2 Å². The van der Waals surface area contributed by atoms with Gasteiger partial charge in [-0.15, -0.1) is 0 Å². The summed E-state index contributed by atoms with van der Waals surface area (Å²) < 4.78 is 22.8. The van der Waals surface area contributed by atoms with Gasteiger partial charge in [0.2, 0.25) is 15.9 Å². The van der Waals surface area contributed by atoms with Crippen molar-refractivity contribution in [2.24, 2.45) is 5.14 Å².